The molecule has 2 aliphatic rings. The van der Waals surface area contributed by atoms with E-state index in [0.29, 0.717) is 17.5 Å². The third-order valence-corrected chi connectivity index (χ3v) is 5.21. The molecule has 1 aliphatic carbocycles. The van der Waals surface area contributed by atoms with Gasteiger partial charge in [0.2, 0.25) is 5.89 Å². The van der Waals surface area contributed by atoms with Crippen LogP contribution in [-0.4, -0.2) is 46.3 Å². The van der Waals surface area contributed by atoms with Gasteiger partial charge in [0.05, 0.1) is 0 Å². The molecule has 0 amide bonds. The van der Waals surface area contributed by atoms with Gasteiger partial charge in [-0.25, -0.2) is 0 Å². The SMILES string of the molecule is CCC1CNC2(CCCCC2)CN1CCc1noc(C)n1. The lowest BCUT2D eigenvalue weighted by atomic mass is 9.79. The minimum Gasteiger partial charge on any atom is -0.340 e. The summed E-state index contributed by atoms with van der Waals surface area (Å²) in [6.45, 7) is 7.49. The summed E-state index contributed by atoms with van der Waals surface area (Å²) < 4.78 is 5.08. The molecule has 5 heteroatoms. The van der Waals surface area contributed by atoms with Crippen LogP contribution in [0, 0.1) is 6.92 Å². The fraction of sp³-hybridized carbons (Fsp3) is 0.875. The number of nitrogens with zero attached hydrogens (tertiary/aromatic N) is 3. The maximum Gasteiger partial charge on any atom is 0.223 e. The molecular formula is C16H28N4O. The van der Waals surface area contributed by atoms with Crippen LogP contribution in [-0.2, 0) is 6.42 Å². The molecule has 1 unspecified atom stereocenters. The maximum absolute atomic E-state index is 5.08. The van der Waals surface area contributed by atoms with Crippen LogP contribution in [0.1, 0.15) is 57.2 Å². The van der Waals surface area contributed by atoms with Gasteiger partial charge >= 0.3 is 0 Å². The number of rotatable bonds is 4. The van der Waals surface area contributed by atoms with Gasteiger partial charge in [0, 0.05) is 44.6 Å². The predicted molar refractivity (Wildman–Crippen MR) is 82.2 cm³/mol. The lowest BCUT2D eigenvalue weighted by molar-refractivity contribution is 0.0544. The van der Waals surface area contributed by atoms with Crippen molar-refractivity contribution in [3.8, 4) is 0 Å². The van der Waals surface area contributed by atoms with Crippen molar-refractivity contribution in [2.45, 2.75) is 70.4 Å². The Morgan fingerprint density at radius 2 is 2.14 bits per heavy atom. The molecule has 21 heavy (non-hydrogen) atoms. The van der Waals surface area contributed by atoms with Crippen molar-refractivity contribution in [3.05, 3.63) is 11.7 Å². The second-order valence-corrected chi connectivity index (χ2v) is 6.73. The largest absolute Gasteiger partial charge is 0.340 e. The summed E-state index contributed by atoms with van der Waals surface area (Å²) in [7, 11) is 0. The minimum absolute atomic E-state index is 0.372. The molecule has 1 aromatic heterocycles. The van der Waals surface area contributed by atoms with Gasteiger partial charge in [-0.15, -0.1) is 0 Å². The van der Waals surface area contributed by atoms with E-state index in [4.69, 9.17) is 4.52 Å². The van der Waals surface area contributed by atoms with Gasteiger partial charge in [-0.05, 0) is 19.3 Å². The van der Waals surface area contributed by atoms with E-state index >= 15 is 0 Å². The number of piperazine rings is 1. The number of aromatic nitrogens is 2. The zero-order chi connectivity index (χ0) is 14.7. The number of hydrogen-bond acceptors (Lipinski definition) is 5. The van der Waals surface area contributed by atoms with E-state index < -0.39 is 0 Å². The van der Waals surface area contributed by atoms with Crippen LogP contribution in [0.4, 0.5) is 0 Å². The Bertz CT molecular complexity index is 453. The summed E-state index contributed by atoms with van der Waals surface area (Å²) in [5, 5.41) is 7.90. The van der Waals surface area contributed by atoms with Crippen molar-refractivity contribution in [1.82, 2.24) is 20.4 Å². The molecule has 118 valence electrons. The van der Waals surface area contributed by atoms with Crippen LogP contribution in [0.15, 0.2) is 4.52 Å². The van der Waals surface area contributed by atoms with E-state index in [9.17, 15) is 0 Å². The lowest BCUT2D eigenvalue weighted by Gasteiger charge is -2.49. The van der Waals surface area contributed by atoms with E-state index in [0.717, 1.165) is 25.3 Å². The maximum atomic E-state index is 5.08. The fourth-order valence-electron chi connectivity index (χ4n) is 3.95. The average Bonchev–Trinajstić information content (AvgIpc) is 2.92. The molecule has 1 saturated carbocycles. The molecule has 1 saturated heterocycles. The van der Waals surface area contributed by atoms with Crippen LogP contribution in [0.25, 0.3) is 0 Å². The van der Waals surface area contributed by atoms with Crippen molar-refractivity contribution in [2.75, 3.05) is 19.6 Å². The van der Waals surface area contributed by atoms with E-state index in [1.165, 1.54) is 45.1 Å². The summed E-state index contributed by atoms with van der Waals surface area (Å²) in [6.07, 6.45) is 8.92. The Morgan fingerprint density at radius 1 is 1.33 bits per heavy atom. The number of aryl methyl sites for hydroxylation is 1. The normalized spacial score (nSPS) is 26.3. The first-order valence-corrected chi connectivity index (χ1v) is 8.49. The first-order valence-electron chi connectivity index (χ1n) is 8.49. The monoisotopic (exact) mass is 292 g/mol. The predicted octanol–water partition coefficient (Wildman–Crippen LogP) is 2.31. The molecule has 2 heterocycles. The van der Waals surface area contributed by atoms with Crippen LogP contribution in [0.2, 0.25) is 0 Å². The van der Waals surface area contributed by atoms with Crippen LogP contribution in [0.3, 0.4) is 0 Å². The Hall–Kier alpha value is -0.940. The summed E-state index contributed by atoms with van der Waals surface area (Å²) in [5.74, 6) is 1.51. The molecule has 1 aliphatic heterocycles. The van der Waals surface area contributed by atoms with Crippen LogP contribution < -0.4 is 5.32 Å². The Kier molecular flexibility index (Phi) is 4.60. The highest BCUT2D eigenvalue weighted by atomic mass is 16.5. The third-order valence-electron chi connectivity index (χ3n) is 5.21. The van der Waals surface area contributed by atoms with Crippen molar-refractivity contribution in [2.24, 2.45) is 0 Å². The Labute approximate surface area is 127 Å². The lowest BCUT2D eigenvalue weighted by Crippen LogP contribution is -2.64. The first kappa shape index (κ1) is 15.0. The zero-order valence-corrected chi connectivity index (χ0v) is 13.4. The molecule has 2 fully saturated rings. The summed E-state index contributed by atoms with van der Waals surface area (Å²) in [6, 6.07) is 0.644. The number of nitrogens with one attached hydrogen (secondary N) is 1. The smallest absolute Gasteiger partial charge is 0.223 e. The standard InChI is InChI=1S/C16H28N4O/c1-3-14-11-17-16(8-5-4-6-9-16)12-20(14)10-7-15-18-13(2)21-19-15/h14,17H,3-12H2,1-2H3. The minimum atomic E-state index is 0.372. The van der Waals surface area contributed by atoms with Crippen LogP contribution in [0.5, 0.6) is 0 Å². The molecule has 1 aromatic rings. The van der Waals surface area contributed by atoms with E-state index in [1.807, 2.05) is 6.92 Å². The molecule has 1 spiro atoms. The van der Waals surface area contributed by atoms with Crippen molar-refractivity contribution in [3.63, 3.8) is 0 Å². The van der Waals surface area contributed by atoms with Gasteiger partial charge in [-0.2, -0.15) is 4.98 Å². The second-order valence-electron chi connectivity index (χ2n) is 6.73. The summed E-state index contributed by atoms with van der Waals surface area (Å²) >= 11 is 0. The summed E-state index contributed by atoms with van der Waals surface area (Å²) in [4.78, 5) is 6.99. The zero-order valence-electron chi connectivity index (χ0n) is 13.4. The van der Waals surface area contributed by atoms with Gasteiger partial charge in [0.1, 0.15) is 0 Å². The van der Waals surface area contributed by atoms with E-state index in [1.54, 1.807) is 0 Å². The first-order chi connectivity index (χ1) is 10.2. The highest BCUT2D eigenvalue weighted by molar-refractivity contribution is 5.00. The van der Waals surface area contributed by atoms with Crippen molar-refractivity contribution in [1.29, 1.82) is 0 Å². The molecule has 3 rings (SSSR count). The molecule has 1 atom stereocenters. The Balaban J connectivity index is 1.62. The molecule has 5 nitrogen and oxygen atoms in total. The molecular weight excluding hydrogens is 264 g/mol. The molecule has 1 N–H and O–H groups in total. The fourth-order valence-corrected chi connectivity index (χ4v) is 3.95. The second kappa shape index (κ2) is 6.44. The van der Waals surface area contributed by atoms with E-state index in [2.05, 4.69) is 27.3 Å². The van der Waals surface area contributed by atoms with Crippen molar-refractivity contribution >= 4 is 0 Å². The Morgan fingerprint density at radius 3 is 2.81 bits per heavy atom. The topological polar surface area (TPSA) is 54.2 Å². The number of hydrogen-bond donors (Lipinski definition) is 1. The van der Waals surface area contributed by atoms with Crippen LogP contribution >= 0.6 is 0 Å². The highest BCUT2D eigenvalue weighted by Gasteiger charge is 2.39. The van der Waals surface area contributed by atoms with Gasteiger partial charge in [0.15, 0.2) is 5.82 Å². The van der Waals surface area contributed by atoms with Crippen molar-refractivity contribution < 1.29 is 4.52 Å². The highest BCUT2D eigenvalue weighted by Crippen LogP contribution is 2.32. The quantitative estimate of drug-likeness (QED) is 0.923. The summed E-state index contributed by atoms with van der Waals surface area (Å²) in [5.41, 5.74) is 0.372. The van der Waals surface area contributed by atoms with Gasteiger partial charge in [0.25, 0.3) is 0 Å². The van der Waals surface area contributed by atoms with E-state index in [-0.39, 0.29) is 0 Å². The van der Waals surface area contributed by atoms with Gasteiger partial charge in [-0.3, -0.25) is 4.90 Å². The van der Waals surface area contributed by atoms with Gasteiger partial charge < -0.3 is 9.84 Å². The van der Waals surface area contributed by atoms with Gasteiger partial charge in [-0.1, -0.05) is 31.3 Å². The average molecular weight is 292 g/mol. The molecule has 0 aromatic carbocycles. The molecule has 0 bridgehead atoms. The third kappa shape index (κ3) is 3.46. The molecule has 0 radical (unpaired) electrons.